The molecule has 7 heteroatoms. The second-order valence-electron chi connectivity index (χ2n) is 3.28. The van der Waals surface area contributed by atoms with Crippen molar-refractivity contribution in [3.05, 3.63) is 5.01 Å². The first kappa shape index (κ1) is 12.4. The van der Waals surface area contributed by atoms with Crippen molar-refractivity contribution in [3.8, 4) is 0 Å². The van der Waals surface area contributed by atoms with Crippen LogP contribution in [0.15, 0.2) is 4.34 Å². The third-order valence-corrected chi connectivity index (χ3v) is 3.96. The maximum atomic E-state index is 11.3. The van der Waals surface area contributed by atoms with Gasteiger partial charge in [-0.05, 0) is 13.8 Å². The molecule has 1 aromatic rings. The van der Waals surface area contributed by atoms with Gasteiger partial charge in [-0.3, -0.25) is 4.79 Å². The normalized spacial score (nSPS) is 14.7. The predicted octanol–water partition coefficient (Wildman–Crippen LogP) is 0.829. The van der Waals surface area contributed by atoms with E-state index in [1.807, 2.05) is 6.92 Å². The Hall–Kier alpha value is -0.660. The number of carbonyl (C=O) groups excluding carboxylic acids is 1. The van der Waals surface area contributed by atoms with Gasteiger partial charge in [0.25, 0.3) is 0 Å². The first-order valence-electron chi connectivity index (χ1n) is 4.26. The highest BCUT2D eigenvalue weighted by Gasteiger charge is 2.29. The lowest BCUT2D eigenvalue weighted by Gasteiger charge is -2.19. The average molecular weight is 247 g/mol. The van der Waals surface area contributed by atoms with E-state index in [0.717, 1.165) is 9.35 Å². The largest absolute Gasteiger partial charge is 0.468 e. The van der Waals surface area contributed by atoms with E-state index < -0.39 is 11.5 Å². The number of nitrogens with two attached hydrogens (primary N) is 1. The van der Waals surface area contributed by atoms with Crippen molar-refractivity contribution < 1.29 is 9.53 Å². The van der Waals surface area contributed by atoms with Crippen LogP contribution in [0.5, 0.6) is 0 Å². The van der Waals surface area contributed by atoms with Crippen LogP contribution in [0.1, 0.15) is 11.9 Å². The van der Waals surface area contributed by atoms with Crippen molar-refractivity contribution in [3.63, 3.8) is 0 Å². The molecule has 1 aromatic heterocycles. The number of methoxy groups -OCH3 is 1. The molecule has 1 heterocycles. The van der Waals surface area contributed by atoms with Crippen molar-refractivity contribution in [1.82, 2.24) is 10.2 Å². The van der Waals surface area contributed by atoms with Gasteiger partial charge in [-0.2, -0.15) is 0 Å². The monoisotopic (exact) mass is 247 g/mol. The minimum Gasteiger partial charge on any atom is -0.468 e. The van der Waals surface area contributed by atoms with Gasteiger partial charge >= 0.3 is 5.97 Å². The zero-order valence-electron chi connectivity index (χ0n) is 8.81. The molecule has 0 saturated heterocycles. The Morgan fingerprint density at radius 3 is 2.80 bits per heavy atom. The summed E-state index contributed by atoms with van der Waals surface area (Å²) in [4.78, 5) is 11.3. The summed E-state index contributed by atoms with van der Waals surface area (Å²) < 4.78 is 5.41. The van der Waals surface area contributed by atoms with Gasteiger partial charge in [0, 0.05) is 5.75 Å². The number of esters is 1. The minimum absolute atomic E-state index is 0.420. The summed E-state index contributed by atoms with van der Waals surface area (Å²) in [6.07, 6.45) is 0. The highest BCUT2D eigenvalue weighted by atomic mass is 32.2. The van der Waals surface area contributed by atoms with Crippen LogP contribution in [0, 0.1) is 6.92 Å². The molecule has 0 spiro atoms. The third kappa shape index (κ3) is 3.44. The van der Waals surface area contributed by atoms with E-state index in [1.165, 1.54) is 30.2 Å². The maximum Gasteiger partial charge on any atom is 0.326 e. The van der Waals surface area contributed by atoms with Gasteiger partial charge in [0.2, 0.25) is 0 Å². The fourth-order valence-electron chi connectivity index (χ4n) is 0.840. The van der Waals surface area contributed by atoms with Gasteiger partial charge in [0.1, 0.15) is 10.5 Å². The molecule has 1 rings (SSSR count). The van der Waals surface area contributed by atoms with Gasteiger partial charge in [0.15, 0.2) is 4.34 Å². The number of aryl methyl sites for hydroxylation is 1. The van der Waals surface area contributed by atoms with E-state index in [2.05, 4.69) is 14.9 Å². The highest BCUT2D eigenvalue weighted by molar-refractivity contribution is 8.01. The number of ether oxygens (including phenoxy) is 1. The first-order chi connectivity index (χ1) is 6.95. The van der Waals surface area contributed by atoms with Crippen molar-refractivity contribution in [2.75, 3.05) is 12.9 Å². The molecule has 0 aromatic carbocycles. The lowest BCUT2D eigenvalue weighted by molar-refractivity contribution is -0.145. The lowest BCUT2D eigenvalue weighted by Crippen LogP contribution is -2.48. The first-order valence-corrected chi connectivity index (χ1v) is 6.06. The number of aromatic nitrogens is 2. The van der Waals surface area contributed by atoms with Crippen LogP contribution in [-0.4, -0.2) is 34.6 Å². The number of carbonyl (C=O) groups is 1. The molecule has 0 aliphatic heterocycles. The molecule has 0 fully saturated rings. The van der Waals surface area contributed by atoms with Gasteiger partial charge in [-0.1, -0.05) is 23.1 Å². The molecular formula is C8H13N3O2S2. The number of nitrogens with zero attached hydrogens (tertiary/aromatic N) is 2. The van der Waals surface area contributed by atoms with Gasteiger partial charge < -0.3 is 10.5 Å². The second kappa shape index (κ2) is 4.91. The van der Waals surface area contributed by atoms with Gasteiger partial charge in [-0.15, -0.1) is 10.2 Å². The minimum atomic E-state index is -0.987. The molecule has 2 N–H and O–H groups in total. The average Bonchev–Trinajstić information content (AvgIpc) is 2.60. The van der Waals surface area contributed by atoms with Crippen LogP contribution in [0.3, 0.4) is 0 Å². The van der Waals surface area contributed by atoms with Crippen LogP contribution in [0.2, 0.25) is 0 Å². The van der Waals surface area contributed by atoms with Crippen molar-refractivity contribution in [2.45, 2.75) is 23.7 Å². The zero-order valence-corrected chi connectivity index (χ0v) is 10.4. The topological polar surface area (TPSA) is 78.1 Å². The van der Waals surface area contributed by atoms with E-state index in [9.17, 15) is 4.79 Å². The number of hydrogen-bond acceptors (Lipinski definition) is 7. The summed E-state index contributed by atoms with van der Waals surface area (Å²) in [5, 5.41) is 8.70. The molecular weight excluding hydrogens is 234 g/mol. The molecule has 5 nitrogen and oxygen atoms in total. The highest BCUT2D eigenvalue weighted by Crippen LogP contribution is 2.24. The summed E-state index contributed by atoms with van der Waals surface area (Å²) in [7, 11) is 1.33. The Balaban J connectivity index is 2.53. The lowest BCUT2D eigenvalue weighted by atomic mass is 10.1. The molecule has 1 unspecified atom stereocenters. The number of rotatable bonds is 4. The van der Waals surface area contributed by atoms with E-state index in [1.54, 1.807) is 6.92 Å². The number of hydrogen-bond donors (Lipinski definition) is 1. The summed E-state index contributed by atoms with van der Waals surface area (Å²) in [5.41, 5.74) is 4.80. The van der Waals surface area contributed by atoms with Crippen molar-refractivity contribution in [1.29, 1.82) is 0 Å². The van der Waals surface area contributed by atoms with Crippen LogP contribution in [0.4, 0.5) is 0 Å². The summed E-state index contributed by atoms with van der Waals surface area (Å²) in [6, 6.07) is 0. The molecule has 0 amide bonds. The van der Waals surface area contributed by atoms with Gasteiger partial charge in [0.05, 0.1) is 7.11 Å². The Kier molecular flexibility index (Phi) is 4.06. The molecule has 0 bridgehead atoms. The van der Waals surface area contributed by atoms with Crippen LogP contribution < -0.4 is 5.73 Å². The van der Waals surface area contributed by atoms with Crippen LogP contribution in [0.25, 0.3) is 0 Å². The van der Waals surface area contributed by atoms with E-state index >= 15 is 0 Å². The Morgan fingerprint density at radius 1 is 1.67 bits per heavy atom. The van der Waals surface area contributed by atoms with E-state index in [0.29, 0.717) is 5.75 Å². The van der Waals surface area contributed by atoms with E-state index in [-0.39, 0.29) is 0 Å². The molecule has 0 aliphatic carbocycles. The zero-order chi connectivity index (χ0) is 11.5. The summed E-state index contributed by atoms with van der Waals surface area (Å²) >= 11 is 2.89. The maximum absolute atomic E-state index is 11.3. The molecule has 0 saturated carbocycles. The van der Waals surface area contributed by atoms with Crippen molar-refractivity contribution >= 4 is 29.1 Å². The summed E-state index contributed by atoms with van der Waals surface area (Å²) in [6.45, 7) is 3.52. The molecule has 0 aliphatic rings. The summed E-state index contributed by atoms with van der Waals surface area (Å²) in [5.74, 6) is 0.00476. The standard InChI is InChI=1S/C8H13N3O2S2/c1-5-10-11-7(15-5)14-4-8(2,9)6(12)13-3/h4,9H2,1-3H3. The quantitative estimate of drug-likeness (QED) is 0.627. The predicted molar refractivity (Wildman–Crippen MR) is 60.0 cm³/mol. The Morgan fingerprint density at radius 2 is 2.33 bits per heavy atom. The molecule has 15 heavy (non-hydrogen) atoms. The van der Waals surface area contributed by atoms with Crippen LogP contribution >= 0.6 is 23.1 Å². The SMILES string of the molecule is COC(=O)C(C)(N)CSc1nnc(C)s1. The second-order valence-corrected chi connectivity index (χ2v) is 5.69. The third-order valence-electron chi connectivity index (χ3n) is 1.65. The smallest absolute Gasteiger partial charge is 0.326 e. The van der Waals surface area contributed by atoms with Crippen LogP contribution in [-0.2, 0) is 9.53 Å². The number of thioether (sulfide) groups is 1. The van der Waals surface area contributed by atoms with Gasteiger partial charge in [-0.25, -0.2) is 0 Å². The fourth-order valence-corrected chi connectivity index (χ4v) is 2.67. The molecule has 0 radical (unpaired) electrons. The Bertz CT molecular complexity index is 351. The fraction of sp³-hybridized carbons (Fsp3) is 0.625. The molecule has 84 valence electrons. The Labute approximate surface area is 96.4 Å². The molecule has 1 atom stereocenters. The van der Waals surface area contributed by atoms with Crippen molar-refractivity contribution in [2.24, 2.45) is 5.73 Å². The van der Waals surface area contributed by atoms with E-state index in [4.69, 9.17) is 5.73 Å².